The van der Waals surface area contributed by atoms with Crippen molar-refractivity contribution in [3.63, 3.8) is 0 Å². The first-order valence-corrected chi connectivity index (χ1v) is 8.10. The lowest BCUT2D eigenvalue weighted by Crippen LogP contribution is -2.43. The molecule has 7 heteroatoms. The highest BCUT2D eigenvalue weighted by atomic mass is 16.4. The van der Waals surface area contributed by atoms with Crippen molar-refractivity contribution in [1.29, 1.82) is 0 Å². The van der Waals surface area contributed by atoms with Crippen molar-refractivity contribution in [2.24, 2.45) is 17.8 Å². The third-order valence-electron chi connectivity index (χ3n) is 4.24. The van der Waals surface area contributed by atoms with Crippen LogP contribution in [0.1, 0.15) is 41.0 Å². The molecule has 0 aliphatic rings. The Hall–Kier alpha value is -1.73. The number of nitrogens with one attached hydrogen (secondary N) is 1. The van der Waals surface area contributed by atoms with Crippen LogP contribution in [0, 0.1) is 17.8 Å². The zero-order chi connectivity index (χ0) is 19.0. The Morgan fingerprint density at radius 3 is 2.04 bits per heavy atom. The van der Waals surface area contributed by atoms with Crippen LogP contribution in [0.2, 0.25) is 0 Å². The maximum absolute atomic E-state index is 12.0. The van der Waals surface area contributed by atoms with Crippen molar-refractivity contribution >= 4 is 17.7 Å². The second kappa shape index (κ2) is 10.2. The normalized spacial score (nSPS) is 18.2. The molecule has 0 rings (SSSR count). The Morgan fingerprint density at radius 2 is 1.58 bits per heavy atom. The van der Waals surface area contributed by atoms with Gasteiger partial charge in [-0.2, -0.15) is 0 Å². The number of amides is 1. The number of carbonyl (C=O) groups is 3. The lowest BCUT2D eigenvalue weighted by molar-refractivity contribution is -0.147. The minimum absolute atomic E-state index is 0.322. The number of ketones is 1. The van der Waals surface area contributed by atoms with Crippen LogP contribution in [0.5, 0.6) is 0 Å². The zero-order valence-electron chi connectivity index (χ0n) is 14.9. The van der Waals surface area contributed by atoms with Crippen LogP contribution >= 0.6 is 0 Å². The highest BCUT2D eigenvalue weighted by Gasteiger charge is 2.31. The highest BCUT2D eigenvalue weighted by molar-refractivity contribution is 5.89. The van der Waals surface area contributed by atoms with Gasteiger partial charge in [0.25, 0.3) is 0 Å². The standard InChI is InChI=1S/C17H29NO6/c1-6-7-9(2)14(20)11(4)16(22)18-8-13(19)10(3)15(21)12(5)17(23)24/h7,10-12,14-15,20-21H,6,8H2,1-5H3,(H,18,22)(H,23,24)/b9-7+. The van der Waals surface area contributed by atoms with Gasteiger partial charge in [0.1, 0.15) is 0 Å². The first-order chi connectivity index (χ1) is 11.0. The SMILES string of the molecule is CC/C=C(\C)C(O)C(C)C(=O)NCC(=O)C(C)C(O)C(C)C(=O)O. The first kappa shape index (κ1) is 22.3. The Labute approximate surface area is 142 Å². The minimum atomic E-state index is -1.33. The van der Waals surface area contributed by atoms with Crippen molar-refractivity contribution in [2.45, 2.75) is 53.2 Å². The number of Topliss-reactive ketones (excluding diaryl/α,β-unsaturated/α-hetero) is 1. The van der Waals surface area contributed by atoms with Crippen LogP contribution in [-0.4, -0.2) is 51.7 Å². The molecule has 1 amide bonds. The number of aliphatic hydroxyl groups excluding tert-OH is 2. The molecule has 5 unspecified atom stereocenters. The van der Waals surface area contributed by atoms with E-state index in [0.29, 0.717) is 5.57 Å². The molecule has 24 heavy (non-hydrogen) atoms. The third kappa shape index (κ3) is 6.41. The smallest absolute Gasteiger partial charge is 0.308 e. The van der Waals surface area contributed by atoms with Crippen molar-refractivity contribution in [3.8, 4) is 0 Å². The van der Waals surface area contributed by atoms with E-state index < -0.39 is 47.6 Å². The molecule has 0 aliphatic heterocycles. The maximum Gasteiger partial charge on any atom is 0.308 e. The van der Waals surface area contributed by atoms with Crippen LogP contribution in [0.3, 0.4) is 0 Å². The lowest BCUT2D eigenvalue weighted by Gasteiger charge is -2.22. The van der Waals surface area contributed by atoms with Crippen molar-refractivity contribution in [2.75, 3.05) is 6.54 Å². The number of carboxylic acids is 1. The molecular weight excluding hydrogens is 314 g/mol. The van der Waals surface area contributed by atoms with Gasteiger partial charge in [0.15, 0.2) is 5.78 Å². The molecule has 0 saturated heterocycles. The summed E-state index contributed by atoms with van der Waals surface area (Å²) in [6, 6.07) is 0. The van der Waals surface area contributed by atoms with Gasteiger partial charge in [-0.15, -0.1) is 0 Å². The maximum atomic E-state index is 12.0. The molecule has 0 aromatic carbocycles. The summed E-state index contributed by atoms with van der Waals surface area (Å²) >= 11 is 0. The monoisotopic (exact) mass is 343 g/mol. The molecule has 0 aliphatic carbocycles. The number of aliphatic hydroxyl groups is 2. The Balaban J connectivity index is 4.62. The minimum Gasteiger partial charge on any atom is -0.481 e. The largest absolute Gasteiger partial charge is 0.481 e. The van der Waals surface area contributed by atoms with Crippen molar-refractivity contribution in [1.82, 2.24) is 5.32 Å². The summed E-state index contributed by atoms with van der Waals surface area (Å²) in [6.07, 6.45) is 0.304. The third-order valence-corrected chi connectivity index (χ3v) is 4.24. The van der Waals surface area contributed by atoms with Crippen LogP contribution in [0.4, 0.5) is 0 Å². The van der Waals surface area contributed by atoms with Crippen LogP contribution < -0.4 is 5.32 Å². The van der Waals surface area contributed by atoms with Gasteiger partial charge in [-0.25, -0.2) is 0 Å². The van der Waals surface area contributed by atoms with Gasteiger partial charge in [0.05, 0.1) is 30.6 Å². The number of allylic oxidation sites excluding steroid dienone is 1. The quantitative estimate of drug-likeness (QED) is 0.434. The zero-order valence-corrected chi connectivity index (χ0v) is 14.9. The molecule has 0 aromatic rings. The predicted octanol–water partition coefficient (Wildman–Crippen LogP) is 0.743. The Kier molecular flexibility index (Phi) is 9.47. The highest BCUT2D eigenvalue weighted by Crippen LogP contribution is 2.15. The number of aliphatic carboxylic acids is 1. The second-order valence-electron chi connectivity index (χ2n) is 6.18. The van der Waals surface area contributed by atoms with Crippen molar-refractivity contribution < 1.29 is 29.7 Å². The summed E-state index contributed by atoms with van der Waals surface area (Å²) in [4.78, 5) is 34.9. The van der Waals surface area contributed by atoms with Gasteiger partial charge in [0.2, 0.25) is 5.91 Å². The van der Waals surface area contributed by atoms with E-state index in [2.05, 4.69) is 5.32 Å². The van der Waals surface area contributed by atoms with Gasteiger partial charge >= 0.3 is 5.97 Å². The summed E-state index contributed by atoms with van der Waals surface area (Å²) in [7, 11) is 0. The van der Waals surface area contributed by atoms with Crippen LogP contribution in [-0.2, 0) is 14.4 Å². The second-order valence-corrected chi connectivity index (χ2v) is 6.18. The number of rotatable bonds is 10. The summed E-state index contributed by atoms with van der Waals surface area (Å²) in [6.45, 7) is 7.63. The molecule has 0 saturated carbocycles. The van der Waals surface area contributed by atoms with E-state index in [9.17, 15) is 24.6 Å². The number of carboxylic acid groups (broad SMARTS) is 1. The Morgan fingerprint density at radius 1 is 1.04 bits per heavy atom. The van der Waals surface area contributed by atoms with Gasteiger partial charge in [-0.3, -0.25) is 14.4 Å². The van der Waals surface area contributed by atoms with Crippen molar-refractivity contribution in [3.05, 3.63) is 11.6 Å². The molecule has 0 fully saturated rings. The fourth-order valence-electron chi connectivity index (χ4n) is 2.25. The van der Waals surface area contributed by atoms with Gasteiger partial charge in [0, 0.05) is 5.92 Å². The van der Waals surface area contributed by atoms with Crippen LogP contribution in [0.15, 0.2) is 11.6 Å². The number of hydrogen-bond donors (Lipinski definition) is 4. The first-order valence-electron chi connectivity index (χ1n) is 8.10. The van der Waals surface area contributed by atoms with E-state index in [1.165, 1.54) is 13.8 Å². The summed E-state index contributed by atoms with van der Waals surface area (Å²) < 4.78 is 0. The summed E-state index contributed by atoms with van der Waals surface area (Å²) in [5.74, 6) is -4.86. The molecule has 5 atom stereocenters. The van der Waals surface area contributed by atoms with E-state index in [1.54, 1.807) is 13.8 Å². The fraction of sp³-hybridized carbons (Fsp3) is 0.706. The van der Waals surface area contributed by atoms with E-state index in [1.807, 2.05) is 13.0 Å². The molecule has 7 nitrogen and oxygen atoms in total. The Bertz CT molecular complexity index is 487. The van der Waals surface area contributed by atoms with Gasteiger partial charge in [-0.1, -0.05) is 26.8 Å². The molecule has 4 N–H and O–H groups in total. The van der Waals surface area contributed by atoms with Crippen LogP contribution in [0.25, 0.3) is 0 Å². The van der Waals surface area contributed by atoms with E-state index in [0.717, 1.165) is 6.42 Å². The molecule has 0 spiro atoms. The molecule has 0 aromatic heterocycles. The number of carbonyl (C=O) groups excluding carboxylic acids is 2. The molecule has 138 valence electrons. The molecule has 0 heterocycles. The summed E-state index contributed by atoms with van der Waals surface area (Å²) in [5, 5.41) is 31.2. The summed E-state index contributed by atoms with van der Waals surface area (Å²) in [5.41, 5.74) is 0.686. The topological polar surface area (TPSA) is 124 Å². The molecule has 0 radical (unpaired) electrons. The average Bonchev–Trinajstić information content (AvgIpc) is 2.55. The van der Waals surface area contributed by atoms with Gasteiger partial charge < -0.3 is 20.6 Å². The lowest BCUT2D eigenvalue weighted by atomic mass is 9.90. The van der Waals surface area contributed by atoms with E-state index in [-0.39, 0.29) is 6.54 Å². The number of hydrogen-bond acceptors (Lipinski definition) is 5. The van der Waals surface area contributed by atoms with Gasteiger partial charge in [-0.05, 0) is 25.8 Å². The fourth-order valence-corrected chi connectivity index (χ4v) is 2.25. The molecule has 0 bridgehead atoms. The van der Waals surface area contributed by atoms with E-state index in [4.69, 9.17) is 5.11 Å². The molecular formula is C17H29NO6. The average molecular weight is 343 g/mol. The predicted molar refractivity (Wildman–Crippen MR) is 89.2 cm³/mol. The van der Waals surface area contributed by atoms with E-state index >= 15 is 0 Å².